The first kappa shape index (κ1) is 31.3. The van der Waals surface area contributed by atoms with Gasteiger partial charge in [-0.3, -0.25) is 4.79 Å². The van der Waals surface area contributed by atoms with Gasteiger partial charge in [-0.15, -0.1) is 0 Å². The van der Waals surface area contributed by atoms with Gasteiger partial charge in [0.1, 0.15) is 0 Å². The van der Waals surface area contributed by atoms with E-state index in [1.54, 1.807) is 26.0 Å². The number of rotatable bonds is 8. The number of nitrogens with one attached hydrogen (secondary N) is 1. The van der Waals surface area contributed by atoms with Crippen LogP contribution in [-0.2, 0) is 24.5 Å². The first-order chi connectivity index (χ1) is 15.9. The number of aliphatic hydroxyl groups excluding tert-OH is 2. The molecule has 5 N–H and O–H groups in total. The summed E-state index contributed by atoms with van der Waals surface area (Å²) < 4.78 is 45.0. The minimum atomic E-state index is -3.28. The maximum Gasteiger partial charge on any atom is 0.253 e. The van der Waals surface area contributed by atoms with E-state index in [-0.39, 0.29) is 15.8 Å². The zero-order valence-electron chi connectivity index (χ0n) is 19.6. The molecule has 2 aromatic carbocycles. The lowest BCUT2D eigenvalue weighted by atomic mass is 10.0. The number of hydrogen-bond acceptors (Lipinski definition) is 8. The van der Waals surface area contributed by atoms with Gasteiger partial charge in [0.25, 0.3) is 5.91 Å². The van der Waals surface area contributed by atoms with Crippen molar-refractivity contribution in [2.45, 2.75) is 52.8 Å². The highest BCUT2D eigenvalue weighted by Gasteiger charge is 2.21. The Morgan fingerprint density at radius 3 is 1.43 bits per heavy atom. The summed E-state index contributed by atoms with van der Waals surface area (Å²) in [5, 5.41) is 22.1. The number of carbonyl (C=O) groups excluding carboxylic acids is 1. The molecular weight excluding hydrogens is 539 g/mol. The van der Waals surface area contributed by atoms with Crippen LogP contribution < -0.4 is 11.1 Å². The third kappa shape index (κ3) is 10.0. The van der Waals surface area contributed by atoms with Gasteiger partial charge in [0.05, 0.1) is 28.0 Å². The maximum absolute atomic E-state index is 11.3. The summed E-state index contributed by atoms with van der Waals surface area (Å²) in [6, 6.07) is 10.9. The molecule has 0 unspecified atom stereocenters. The third-order valence-electron chi connectivity index (χ3n) is 4.84. The summed E-state index contributed by atoms with van der Waals surface area (Å²) in [7, 11) is -6.46. The molecule has 0 spiro atoms. The first-order valence-electron chi connectivity index (χ1n) is 10.3. The van der Waals surface area contributed by atoms with E-state index in [0.29, 0.717) is 11.1 Å². The SMILES string of the molecule is C[C@@H](N)[C@H](O)c1ccc(S(C)(=O)=O)cc1.C[C@@H](NC(=O)C(Cl)Cl)[C@H](O)c1ccc(S(C)(=O)=O)cc1. The van der Waals surface area contributed by atoms with Crippen molar-refractivity contribution in [1.82, 2.24) is 5.32 Å². The molecule has 0 saturated heterocycles. The average Bonchev–Trinajstić information content (AvgIpc) is 2.77. The van der Waals surface area contributed by atoms with Crippen molar-refractivity contribution in [3.8, 4) is 0 Å². The number of benzene rings is 2. The molecule has 4 atom stereocenters. The highest BCUT2D eigenvalue weighted by Crippen LogP contribution is 2.20. The number of halogens is 2. The fourth-order valence-corrected chi connectivity index (χ4v) is 4.17. The van der Waals surface area contributed by atoms with Crippen LogP contribution >= 0.6 is 23.2 Å². The topological polar surface area (TPSA) is 164 Å². The predicted octanol–water partition coefficient (Wildman–Crippen LogP) is 1.90. The van der Waals surface area contributed by atoms with Gasteiger partial charge in [-0.1, -0.05) is 47.5 Å². The van der Waals surface area contributed by atoms with Gasteiger partial charge in [0.2, 0.25) is 0 Å². The molecule has 2 rings (SSSR count). The molecule has 0 saturated carbocycles. The van der Waals surface area contributed by atoms with Gasteiger partial charge in [-0.2, -0.15) is 0 Å². The van der Waals surface area contributed by atoms with Gasteiger partial charge in [-0.05, 0) is 49.2 Å². The minimum Gasteiger partial charge on any atom is -0.387 e. The average molecular weight is 570 g/mol. The molecule has 196 valence electrons. The molecule has 13 heteroatoms. The molecule has 35 heavy (non-hydrogen) atoms. The Morgan fingerprint density at radius 2 is 1.14 bits per heavy atom. The fraction of sp³-hybridized carbons (Fsp3) is 0.409. The number of nitrogens with two attached hydrogens (primary N) is 1. The highest BCUT2D eigenvalue weighted by atomic mass is 35.5. The van der Waals surface area contributed by atoms with E-state index in [1.165, 1.54) is 36.4 Å². The van der Waals surface area contributed by atoms with Crippen molar-refractivity contribution in [2.24, 2.45) is 5.73 Å². The second kappa shape index (κ2) is 13.0. The molecule has 0 bridgehead atoms. The van der Waals surface area contributed by atoms with Crippen LogP contribution in [0.15, 0.2) is 58.3 Å². The molecule has 0 heterocycles. The van der Waals surface area contributed by atoms with E-state index in [9.17, 15) is 31.8 Å². The number of hydrogen-bond donors (Lipinski definition) is 4. The number of alkyl halides is 2. The van der Waals surface area contributed by atoms with Crippen molar-refractivity contribution in [1.29, 1.82) is 0 Å². The first-order valence-corrected chi connectivity index (χ1v) is 14.9. The Labute approximate surface area is 216 Å². The van der Waals surface area contributed by atoms with Gasteiger partial charge >= 0.3 is 0 Å². The quantitative estimate of drug-likeness (QED) is 0.350. The smallest absolute Gasteiger partial charge is 0.253 e. The van der Waals surface area contributed by atoms with Crippen LogP contribution in [-0.4, -0.2) is 62.4 Å². The van der Waals surface area contributed by atoms with Gasteiger partial charge < -0.3 is 21.3 Å². The van der Waals surface area contributed by atoms with Crippen molar-refractivity contribution in [3.63, 3.8) is 0 Å². The Morgan fingerprint density at radius 1 is 0.800 bits per heavy atom. The van der Waals surface area contributed by atoms with Crippen LogP contribution in [0.2, 0.25) is 0 Å². The third-order valence-corrected chi connectivity index (χ3v) is 7.49. The molecular formula is C22H30Cl2N2O7S2. The monoisotopic (exact) mass is 568 g/mol. The Hall–Kier alpha value is -1.73. The van der Waals surface area contributed by atoms with Crippen molar-refractivity contribution < 1.29 is 31.8 Å². The largest absolute Gasteiger partial charge is 0.387 e. The zero-order valence-corrected chi connectivity index (χ0v) is 22.7. The second-order valence-electron chi connectivity index (χ2n) is 8.03. The molecule has 0 fully saturated rings. The standard InChI is InChI=1S/C12H15Cl2NO4S.C10H15NO3S/c1-7(15-12(17)11(13)14)10(16)8-3-5-9(6-4-8)20(2,18)19;1-7(11)10(12)8-3-5-9(6-4-8)15(2,13)14/h3-7,10-11,16H,1-2H3,(H,15,17);3-7,10,12H,11H2,1-2H3/t2*7-,10+/m11/s1. The van der Waals surface area contributed by atoms with Crippen LogP contribution in [0.5, 0.6) is 0 Å². The van der Waals surface area contributed by atoms with E-state index < -0.39 is 48.7 Å². The molecule has 1 amide bonds. The molecule has 0 aliphatic carbocycles. The zero-order chi connectivity index (χ0) is 27.1. The van der Waals surface area contributed by atoms with E-state index in [1.807, 2.05) is 0 Å². The second-order valence-corrected chi connectivity index (χ2v) is 13.2. The van der Waals surface area contributed by atoms with Crippen molar-refractivity contribution in [3.05, 3.63) is 59.7 Å². The summed E-state index contributed by atoms with van der Waals surface area (Å²) >= 11 is 10.8. The molecule has 0 aromatic heterocycles. The van der Waals surface area contributed by atoms with E-state index >= 15 is 0 Å². The fourth-order valence-electron chi connectivity index (χ4n) is 2.78. The van der Waals surface area contributed by atoms with Gasteiger partial charge in [0.15, 0.2) is 24.5 Å². The van der Waals surface area contributed by atoms with Crippen molar-refractivity contribution in [2.75, 3.05) is 12.5 Å². The number of amides is 1. The summed E-state index contributed by atoms with van der Waals surface area (Å²) in [6.45, 7) is 3.28. The van der Waals surface area contributed by atoms with Crippen LogP contribution in [0, 0.1) is 0 Å². The lowest BCUT2D eigenvalue weighted by Crippen LogP contribution is -2.39. The lowest BCUT2D eigenvalue weighted by Gasteiger charge is -2.21. The highest BCUT2D eigenvalue weighted by molar-refractivity contribution is 7.91. The Bertz CT molecular complexity index is 1190. The molecule has 0 radical (unpaired) electrons. The number of aliphatic hydroxyl groups is 2. The number of carbonyl (C=O) groups is 1. The van der Waals surface area contributed by atoms with Gasteiger partial charge in [-0.25, -0.2) is 16.8 Å². The van der Waals surface area contributed by atoms with E-state index in [0.717, 1.165) is 12.5 Å². The normalized spacial score (nSPS) is 15.4. The lowest BCUT2D eigenvalue weighted by molar-refractivity contribution is -0.120. The van der Waals surface area contributed by atoms with Crippen molar-refractivity contribution >= 4 is 48.8 Å². The predicted molar refractivity (Wildman–Crippen MR) is 136 cm³/mol. The summed E-state index contributed by atoms with van der Waals surface area (Å²) in [5.41, 5.74) is 6.62. The van der Waals surface area contributed by atoms with Crippen LogP contribution in [0.25, 0.3) is 0 Å². The molecule has 9 nitrogen and oxygen atoms in total. The van der Waals surface area contributed by atoms with Gasteiger partial charge in [0, 0.05) is 18.6 Å². The van der Waals surface area contributed by atoms with Crippen LogP contribution in [0.3, 0.4) is 0 Å². The number of sulfone groups is 2. The van der Waals surface area contributed by atoms with E-state index in [4.69, 9.17) is 28.9 Å². The Kier molecular flexibility index (Phi) is 11.6. The van der Waals surface area contributed by atoms with Crippen LogP contribution in [0.4, 0.5) is 0 Å². The summed E-state index contributed by atoms with van der Waals surface area (Å²) in [5.74, 6) is -0.604. The molecule has 0 aliphatic heterocycles. The summed E-state index contributed by atoms with van der Waals surface area (Å²) in [6.07, 6.45) is 0.477. The Balaban J connectivity index is 0.000000365. The van der Waals surface area contributed by atoms with Crippen LogP contribution in [0.1, 0.15) is 37.2 Å². The maximum atomic E-state index is 11.3. The molecule has 2 aromatic rings. The molecule has 0 aliphatic rings. The van der Waals surface area contributed by atoms with E-state index in [2.05, 4.69) is 5.32 Å². The minimum absolute atomic E-state index is 0.159. The summed E-state index contributed by atoms with van der Waals surface area (Å²) in [4.78, 5) is 10.5.